The zero-order valence-corrected chi connectivity index (χ0v) is 9.85. The van der Waals surface area contributed by atoms with Gasteiger partial charge in [-0.25, -0.2) is 4.98 Å². The van der Waals surface area contributed by atoms with Gasteiger partial charge in [0.15, 0.2) is 0 Å². The maximum absolute atomic E-state index is 8.89. The number of hydrogen-bond acceptors (Lipinski definition) is 4. The van der Waals surface area contributed by atoms with E-state index in [-0.39, 0.29) is 0 Å². The molecule has 1 saturated heterocycles. The Bertz CT molecular complexity index is 394. The molecule has 1 aromatic rings. The van der Waals surface area contributed by atoms with Gasteiger partial charge in [-0.2, -0.15) is 5.26 Å². The van der Waals surface area contributed by atoms with Gasteiger partial charge in [-0.1, -0.05) is 0 Å². The van der Waals surface area contributed by atoms with Crippen molar-refractivity contribution in [3.05, 3.63) is 23.9 Å². The third kappa shape index (κ3) is 3.43. The zero-order chi connectivity index (χ0) is 11.9. The standard InChI is InChI=1S/C13H17N3O/c14-9-12-4-2-7-16-13(12)17-8-5-11-3-1-6-15-10-11/h2,4,7,11,15H,1,3,5-6,8,10H2/t11-/m0/s1. The summed E-state index contributed by atoms with van der Waals surface area (Å²) < 4.78 is 5.57. The highest BCUT2D eigenvalue weighted by atomic mass is 16.5. The molecule has 90 valence electrons. The Labute approximate surface area is 102 Å². The first-order chi connectivity index (χ1) is 8.40. The van der Waals surface area contributed by atoms with Gasteiger partial charge in [0, 0.05) is 6.20 Å². The van der Waals surface area contributed by atoms with Crippen molar-refractivity contribution in [3.8, 4) is 11.9 Å². The Balaban J connectivity index is 1.79. The topological polar surface area (TPSA) is 57.9 Å². The summed E-state index contributed by atoms with van der Waals surface area (Å²) in [5.41, 5.74) is 0.509. The van der Waals surface area contributed by atoms with Gasteiger partial charge in [-0.15, -0.1) is 0 Å². The van der Waals surface area contributed by atoms with E-state index in [1.807, 2.05) is 0 Å². The molecule has 0 aliphatic carbocycles. The highest BCUT2D eigenvalue weighted by molar-refractivity contribution is 5.36. The zero-order valence-electron chi connectivity index (χ0n) is 9.85. The van der Waals surface area contributed by atoms with Crippen LogP contribution in [0.2, 0.25) is 0 Å². The summed E-state index contributed by atoms with van der Waals surface area (Å²) >= 11 is 0. The predicted molar refractivity (Wildman–Crippen MR) is 64.7 cm³/mol. The minimum absolute atomic E-state index is 0.457. The average molecular weight is 231 g/mol. The Morgan fingerprint density at radius 2 is 2.53 bits per heavy atom. The minimum Gasteiger partial charge on any atom is -0.477 e. The number of ether oxygens (including phenoxy) is 1. The Hall–Kier alpha value is -1.60. The van der Waals surface area contributed by atoms with Crippen molar-refractivity contribution in [1.29, 1.82) is 5.26 Å². The van der Waals surface area contributed by atoms with E-state index in [4.69, 9.17) is 10.00 Å². The lowest BCUT2D eigenvalue weighted by Crippen LogP contribution is -2.30. The lowest BCUT2D eigenvalue weighted by atomic mass is 9.97. The number of nitriles is 1. The molecule has 2 rings (SSSR count). The number of nitrogens with zero attached hydrogens (tertiary/aromatic N) is 2. The summed E-state index contributed by atoms with van der Waals surface area (Å²) in [4.78, 5) is 4.07. The molecular weight excluding hydrogens is 214 g/mol. The van der Waals surface area contributed by atoms with Gasteiger partial charge >= 0.3 is 0 Å². The second-order valence-electron chi connectivity index (χ2n) is 4.32. The molecule has 0 saturated carbocycles. The van der Waals surface area contributed by atoms with E-state index >= 15 is 0 Å². The SMILES string of the molecule is N#Cc1cccnc1OCC[C@@H]1CCCNC1. The van der Waals surface area contributed by atoms with Crippen molar-refractivity contribution in [2.45, 2.75) is 19.3 Å². The monoisotopic (exact) mass is 231 g/mol. The van der Waals surface area contributed by atoms with E-state index in [0.717, 1.165) is 19.5 Å². The lowest BCUT2D eigenvalue weighted by molar-refractivity contribution is 0.247. The maximum Gasteiger partial charge on any atom is 0.231 e. The van der Waals surface area contributed by atoms with E-state index < -0.39 is 0 Å². The smallest absolute Gasteiger partial charge is 0.231 e. The minimum atomic E-state index is 0.457. The van der Waals surface area contributed by atoms with Crippen molar-refractivity contribution >= 4 is 0 Å². The van der Waals surface area contributed by atoms with Crippen LogP contribution < -0.4 is 10.1 Å². The number of piperidine rings is 1. The van der Waals surface area contributed by atoms with Gasteiger partial charge in [0.1, 0.15) is 11.6 Å². The lowest BCUT2D eigenvalue weighted by Gasteiger charge is -2.22. The van der Waals surface area contributed by atoms with Crippen LogP contribution in [0.15, 0.2) is 18.3 Å². The summed E-state index contributed by atoms with van der Waals surface area (Å²) in [6.07, 6.45) is 5.19. The van der Waals surface area contributed by atoms with Gasteiger partial charge in [0.2, 0.25) is 5.88 Å². The predicted octanol–water partition coefficient (Wildman–Crippen LogP) is 1.72. The van der Waals surface area contributed by atoms with Gasteiger partial charge in [-0.3, -0.25) is 0 Å². The fraction of sp³-hybridized carbons (Fsp3) is 0.538. The maximum atomic E-state index is 8.89. The number of aromatic nitrogens is 1. The normalized spacial score (nSPS) is 19.6. The molecule has 0 spiro atoms. The molecule has 2 heterocycles. The molecule has 1 aliphatic rings. The molecule has 1 N–H and O–H groups in total. The molecule has 1 aliphatic heterocycles. The largest absolute Gasteiger partial charge is 0.477 e. The molecule has 1 atom stereocenters. The Morgan fingerprint density at radius 1 is 1.59 bits per heavy atom. The van der Waals surface area contributed by atoms with Crippen molar-refractivity contribution in [2.75, 3.05) is 19.7 Å². The molecule has 0 aromatic carbocycles. The number of rotatable bonds is 4. The number of nitrogens with one attached hydrogen (secondary N) is 1. The van der Waals surface area contributed by atoms with Crippen molar-refractivity contribution < 1.29 is 4.74 Å². The molecule has 0 unspecified atom stereocenters. The van der Waals surface area contributed by atoms with Crippen LogP contribution in [0.3, 0.4) is 0 Å². The van der Waals surface area contributed by atoms with Gasteiger partial charge < -0.3 is 10.1 Å². The average Bonchev–Trinajstić information content (AvgIpc) is 2.40. The van der Waals surface area contributed by atoms with Crippen LogP contribution in [-0.2, 0) is 0 Å². The molecule has 4 nitrogen and oxygen atoms in total. The first-order valence-corrected chi connectivity index (χ1v) is 6.09. The second kappa shape index (κ2) is 6.21. The fourth-order valence-corrected chi connectivity index (χ4v) is 2.08. The molecule has 4 heteroatoms. The fourth-order valence-electron chi connectivity index (χ4n) is 2.08. The first kappa shape index (κ1) is 11.9. The van der Waals surface area contributed by atoms with Crippen LogP contribution in [0.4, 0.5) is 0 Å². The van der Waals surface area contributed by atoms with Crippen molar-refractivity contribution in [2.24, 2.45) is 5.92 Å². The Kier molecular flexibility index (Phi) is 4.34. The third-order valence-electron chi connectivity index (χ3n) is 3.06. The van der Waals surface area contributed by atoms with Gasteiger partial charge in [0.05, 0.1) is 6.61 Å². The van der Waals surface area contributed by atoms with Crippen molar-refractivity contribution in [1.82, 2.24) is 10.3 Å². The van der Waals surface area contributed by atoms with Crippen LogP contribution in [0, 0.1) is 17.2 Å². The number of hydrogen-bond donors (Lipinski definition) is 1. The van der Waals surface area contributed by atoms with Gasteiger partial charge in [-0.05, 0) is 50.4 Å². The second-order valence-corrected chi connectivity index (χ2v) is 4.32. The molecule has 1 aromatic heterocycles. The van der Waals surface area contributed by atoms with Crippen LogP contribution in [0.1, 0.15) is 24.8 Å². The van der Waals surface area contributed by atoms with E-state index in [0.29, 0.717) is 24.0 Å². The molecule has 0 radical (unpaired) electrons. The summed E-state index contributed by atoms with van der Waals surface area (Å²) in [7, 11) is 0. The summed E-state index contributed by atoms with van der Waals surface area (Å²) in [6.45, 7) is 2.85. The van der Waals surface area contributed by atoms with Crippen LogP contribution in [0.5, 0.6) is 5.88 Å². The molecule has 17 heavy (non-hydrogen) atoms. The molecule has 0 bridgehead atoms. The van der Waals surface area contributed by atoms with Crippen molar-refractivity contribution in [3.63, 3.8) is 0 Å². The van der Waals surface area contributed by atoms with E-state index in [9.17, 15) is 0 Å². The van der Waals surface area contributed by atoms with Crippen LogP contribution >= 0.6 is 0 Å². The highest BCUT2D eigenvalue weighted by Crippen LogP contribution is 2.16. The van der Waals surface area contributed by atoms with E-state index in [1.54, 1.807) is 18.3 Å². The first-order valence-electron chi connectivity index (χ1n) is 6.09. The van der Waals surface area contributed by atoms with E-state index in [1.165, 1.54) is 12.8 Å². The van der Waals surface area contributed by atoms with Crippen LogP contribution in [-0.4, -0.2) is 24.7 Å². The van der Waals surface area contributed by atoms with E-state index in [2.05, 4.69) is 16.4 Å². The van der Waals surface area contributed by atoms with Crippen LogP contribution in [0.25, 0.3) is 0 Å². The highest BCUT2D eigenvalue weighted by Gasteiger charge is 2.13. The Morgan fingerprint density at radius 3 is 3.29 bits per heavy atom. The molecule has 0 amide bonds. The van der Waals surface area contributed by atoms with Gasteiger partial charge in [0.25, 0.3) is 0 Å². The quantitative estimate of drug-likeness (QED) is 0.857. The summed E-state index contributed by atoms with van der Waals surface area (Å²) in [5, 5.41) is 12.3. The summed E-state index contributed by atoms with van der Waals surface area (Å²) in [5.74, 6) is 1.15. The third-order valence-corrected chi connectivity index (χ3v) is 3.06. The summed E-state index contributed by atoms with van der Waals surface area (Å²) in [6, 6.07) is 5.56. The molecular formula is C13H17N3O. The number of pyridine rings is 1. The molecule has 1 fully saturated rings.